The van der Waals surface area contributed by atoms with Crippen LogP contribution in [0.5, 0.6) is 0 Å². The number of rotatable bonds is 5. The number of hydrogen-bond donors (Lipinski definition) is 1. The number of ether oxygens (including phenoxy) is 1. The van der Waals surface area contributed by atoms with Gasteiger partial charge < -0.3 is 15.0 Å². The molecule has 1 fully saturated rings. The van der Waals surface area contributed by atoms with Crippen LogP contribution in [-0.4, -0.2) is 41.5 Å². The number of aryl methyl sites for hydroxylation is 1. The first-order valence-electron chi connectivity index (χ1n) is 10.1. The summed E-state index contributed by atoms with van der Waals surface area (Å²) in [6.45, 7) is 5.50. The third-order valence-corrected chi connectivity index (χ3v) is 6.55. The number of piperidine rings is 1. The average molecular weight is 425 g/mol. The molecule has 4 rings (SSSR count). The van der Waals surface area contributed by atoms with Crippen LogP contribution in [0.4, 0.5) is 11.5 Å². The van der Waals surface area contributed by atoms with Gasteiger partial charge in [-0.05, 0) is 44.4 Å². The van der Waals surface area contributed by atoms with Gasteiger partial charge in [0.15, 0.2) is 0 Å². The summed E-state index contributed by atoms with van der Waals surface area (Å²) in [4.78, 5) is 37.3. The van der Waals surface area contributed by atoms with Gasteiger partial charge in [0.1, 0.15) is 21.9 Å². The van der Waals surface area contributed by atoms with Gasteiger partial charge in [-0.2, -0.15) is 0 Å². The number of hydrogen-bond acceptors (Lipinski definition) is 7. The molecule has 1 aliphatic heterocycles. The van der Waals surface area contributed by atoms with Gasteiger partial charge in [-0.1, -0.05) is 18.2 Å². The Morgan fingerprint density at radius 1 is 1.20 bits per heavy atom. The maximum Gasteiger partial charge on any atom is 0.348 e. The van der Waals surface area contributed by atoms with Gasteiger partial charge in [-0.3, -0.25) is 4.79 Å². The molecule has 1 aliphatic rings. The fraction of sp³-hybridized carbons (Fsp3) is 0.364. The highest BCUT2D eigenvalue weighted by atomic mass is 32.1. The molecule has 0 unspecified atom stereocenters. The molecule has 30 heavy (non-hydrogen) atoms. The Morgan fingerprint density at radius 2 is 1.93 bits per heavy atom. The molecule has 156 valence electrons. The molecule has 0 aliphatic carbocycles. The van der Waals surface area contributed by atoms with Crippen LogP contribution in [0.1, 0.15) is 35.0 Å². The number of thiophene rings is 1. The van der Waals surface area contributed by atoms with Crippen LogP contribution < -0.4 is 10.2 Å². The topological polar surface area (TPSA) is 84.4 Å². The van der Waals surface area contributed by atoms with Gasteiger partial charge in [-0.25, -0.2) is 14.8 Å². The van der Waals surface area contributed by atoms with Gasteiger partial charge in [0.25, 0.3) is 0 Å². The van der Waals surface area contributed by atoms with Crippen molar-refractivity contribution in [3.05, 3.63) is 47.1 Å². The van der Waals surface area contributed by atoms with Crippen LogP contribution in [0.15, 0.2) is 36.7 Å². The van der Waals surface area contributed by atoms with E-state index in [1.54, 1.807) is 6.92 Å². The number of nitrogens with zero attached hydrogens (tertiary/aromatic N) is 3. The third kappa shape index (κ3) is 4.00. The van der Waals surface area contributed by atoms with Crippen LogP contribution in [-0.2, 0) is 9.53 Å². The Morgan fingerprint density at radius 3 is 2.63 bits per heavy atom. The SMILES string of the molecule is CCOC(=O)c1sc2ncnc(N3CCC(C(=O)Nc4ccccc4)CC3)c2c1C. The third-order valence-electron chi connectivity index (χ3n) is 5.37. The summed E-state index contributed by atoms with van der Waals surface area (Å²) >= 11 is 1.34. The highest BCUT2D eigenvalue weighted by Crippen LogP contribution is 2.36. The molecule has 0 atom stereocenters. The molecule has 1 saturated heterocycles. The molecule has 3 heterocycles. The molecule has 0 spiro atoms. The lowest BCUT2D eigenvalue weighted by Gasteiger charge is -2.32. The van der Waals surface area contributed by atoms with Gasteiger partial charge >= 0.3 is 5.97 Å². The predicted octanol–water partition coefficient (Wildman–Crippen LogP) is 4.03. The number of carbonyl (C=O) groups is 2. The van der Waals surface area contributed by atoms with Crippen molar-refractivity contribution < 1.29 is 14.3 Å². The molecular weight excluding hydrogens is 400 g/mol. The van der Waals surface area contributed by atoms with E-state index in [1.165, 1.54) is 17.7 Å². The minimum absolute atomic E-state index is 0.0301. The summed E-state index contributed by atoms with van der Waals surface area (Å²) in [6, 6.07) is 9.53. The molecule has 1 N–H and O–H groups in total. The Bertz CT molecular complexity index is 1060. The van der Waals surface area contributed by atoms with Crippen LogP contribution >= 0.6 is 11.3 Å². The van der Waals surface area contributed by atoms with Gasteiger partial charge in [0.05, 0.1) is 12.0 Å². The van der Waals surface area contributed by atoms with Crippen molar-refractivity contribution in [2.75, 3.05) is 29.9 Å². The first kappa shape index (κ1) is 20.3. The summed E-state index contributed by atoms with van der Waals surface area (Å²) in [5.74, 6) is 0.536. The second-order valence-corrected chi connectivity index (χ2v) is 8.27. The Balaban J connectivity index is 1.49. The Hall–Kier alpha value is -3.00. The lowest BCUT2D eigenvalue weighted by atomic mass is 9.95. The van der Waals surface area contributed by atoms with E-state index >= 15 is 0 Å². The minimum Gasteiger partial charge on any atom is -0.462 e. The monoisotopic (exact) mass is 424 g/mol. The molecule has 0 saturated carbocycles. The van der Waals surface area contributed by atoms with Crippen molar-refractivity contribution >= 4 is 44.9 Å². The smallest absolute Gasteiger partial charge is 0.348 e. The van der Waals surface area contributed by atoms with E-state index in [-0.39, 0.29) is 17.8 Å². The summed E-state index contributed by atoms with van der Waals surface area (Å²) in [5, 5.41) is 3.90. The fourth-order valence-corrected chi connectivity index (χ4v) is 4.84. The molecule has 7 nitrogen and oxygen atoms in total. The second kappa shape index (κ2) is 8.79. The molecule has 2 aromatic heterocycles. The van der Waals surface area contributed by atoms with Crippen molar-refractivity contribution in [1.29, 1.82) is 0 Å². The van der Waals surface area contributed by atoms with Crippen molar-refractivity contribution in [3.8, 4) is 0 Å². The number of aromatic nitrogens is 2. The normalized spacial score (nSPS) is 14.7. The summed E-state index contributed by atoms with van der Waals surface area (Å²) in [6.07, 6.45) is 3.03. The second-order valence-electron chi connectivity index (χ2n) is 7.27. The van der Waals surface area contributed by atoms with E-state index in [9.17, 15) is 9.59 Å². The molecule has 1 amide bonds. The standard InChI is InChI=1S/C22H24N4O3S/c1-3-29-22(28)18-14(2)17-19(23-13-24-21(17)30-18)26-11-9-15(10-12-26)20(27)25-16-7-5-4-6-8-16/h4-8,13,15H,3,9-12H2,1-2H3,(H,25,27). The zero-order valence-electron chi connectivity index (χ0n) is 17.1. The lowest BCUT2D eigenvalue weighted by Crippen LogP contribution is -2.38. The van der Waals surface area contributed by atoms with E-state index in [1.807, 2.05) is 37.3 Å². The van der Waals surface area contributed by atoms with Crippen molar-refractivity contribution in [3.63, 3.8) is 0 Å². The number of carbonyl (C=O) groups excluding carboxylic acids is 2. The molecule has 0 radical (unpaired) electrons. The molecule has 8 heteroatoms. The molecule has 3 aromatic rings. The van der Waals surface area contributed by atoms with Gasteiger partial charge in [0, 0.05) is 24.7 Å². The quantitative estimate of drug-likeness (QED) is 0.623. The van der Waals surface area contributed by atoms with Crippen molar-refractivity contribution in [1.82, 2.24) is 9.97 Å². The first-order chi connectivity index (χ1) is 14.6. The zero-order valence-corrected chi connectivity index (χ0v) is 17.9. The van der Waals surface area contributed by atoms with E-state index in [2.05, 4.69) is 20.2 Å². The van der Waals surface area contributed by atoms with Crippen LogP contribution in [0.2, 0.25) is 0 Å². The Labute approximate surface area is 179 Å². The number of benzene rings is 1. The predicted molar refractivity (Wildman–Crippen MR) is 118 cm³/mol. The number of esters is 1. The van der Waals surface area contributed by atoms with E-state index in [4.69, 9.17) is 4.74 Å². The number of fused-ring (bicyclic) bond motifs is 1. The van der Waals surface area contributed by atoms with E-state index in [0.717, 1.165) is 53.2 Å². The maximum absolute atomic E-state index is 12.6. The van der Waals surface area contributed by atoms with E-state index in [0.29, 0.717) is 11.5 Å². The van der Waals surface area contributed by atoms with Crippen LogP contribution in [0, 0.1) is 12.8 Å². The highest BCUT2D eigenvalue weighted by molar-refractivity contribution is 7.20. The largest absolute Gasteiger partial charge is 0.462 e. The van der Waals surface area contributed by atoms with E-state index < -0.39 is 0 Å². The summed E-state index contributed by atoms with van der Waals surface area (Å²) < 4.78 is 5.18. The lowest BCUT2D eigenvalue weighted by molar-refractivity contribution is -0.120. The minimum atomic E-state index is -0.319. The number of amides is 1. The summed E-state index contributed by atoms with van der Waals surface area (Å²) in [5.41, 5.74) is 1.68. The van der Waals surface area contributed by atoms with Crippen LogP contribution in [0.25, 0.3) is 10.2 Å². The van der Waals surface area contributed by atoms with Crippen LogP contribution in [0.3, 0.4) is 0 Å². The average Bonchev–Trinajstić information content (AvgIpc) is 3.12. The fourth-order valence-electron chi connectivity index (χ4n) is 3.80. The number of anilines is 2. The molecule has 1 aromatic carbocycles. The number of nitrogens with one attached hydrogen (secondary N) is 1. The summed E-state index contributed by atoms with van der Waals surface area (Å²) in [7, 11) is 0. The van der Waals surface area contributed by atoms with Crippen molar-refractivity contribution in [2.45, 2.75) is 26.7 Å². The van der Waals surface area contributed by atoms with Gasteiger partial charge in [-0.15, -0.1) is 11.3 Å². The van der Waals surface area contributed by atoms with Gasteiger partial charge in [0.2, 0.25) is 5.91 Å². The number of para-hydroxylation sites is 1. The highest BCUT2D eigenvalue weighted by Gasteiger charge is 2.28. The maximum atomic E-state index is 12.6. The Kier molecular flexibility index (Phi) is 5.94. The first-order valence-corrected chi connectivity index (χ1v) is 10.9. The molecule has 0 bridgehead atoms. The molecular formula is C22H24N4O3S. The van der Waals surface area contributed by atoms with Crippen molar-refractivity contribution in [2.24, 2.45) is 5.92 Å². The zero-order chi connectivity index (χ0) is 21.1.